The summed E-state index contributed by atoms with van der Waals surface area (Å²) in [5.74, 6) is -1.82. The Morgan fingerprint density at radius 3 is 2.40 bits per heavy atom. The van der Waals surface area contributed by atoms with Crippen molar-refractivity contribution < 1.29 is 19.1 Å². The number of fused-ring (bicyclic) bond motifs is 1. The van der Waals surface area contributed by atoms with E-state index in [0.717, 1.165) is 27.1 Å². The molecule has 3 amide bonds. The maximum absolute atomic E-state index is 12.6. The van der Waals surface area contributed by atoms with E-state index >= 15 is 0 Å². The predicted octanol–water partition coefficient (Wildman–Crippen LogP) is 2.19. The molecular weight excluding hydrogens is 382 g/mol. The number of carbonyl (C=O) groups excluding carboxylic acids is 3. The standard InChI is InChI=1S/C22H23N5O3/c1-14-4-7-17(8-5-14)25-10-11-26-20(29)21(30)27(24-22(25)26)13-19(28)23-18-9-6-15(2)12-16(18)3/h4-9,12,22H,10-11,13H2,1-3H3/p+1. The molecule has 2 heterocycles. The van der Waals surface area contributed by atoms with Gasteiger partial charge < -0.3 is 10.2 Å². The third-order valence-electron chi connectivity index (χ3n) is 5.38. The molecule has 2 aliphatic rings. The van der Waals surface area contributed by atoms with E-state index in [2.05, 4.69) is 10.4 Å². The number of carbonyl (C=O) groups is 3. The van der Waals surface area contributed by atoms with Gasteiger partial charge in [0, 0.05) is 29.6 Å². The van der Waals surface area contributed by atoms with Crippen molar-refractivity contribution in [1.29, 1.82) is 0 Å². The van der Waals surface area contributed by atoms with Crippen LogP contribution in [0.4, 0.5) is 11.4 Å². The zero-order chi connectivity index (χ0) is 21.4. The summed E-state index contributed by atoms with van der Waals surface area (Å²) >= 11 is 0. The molecular formula is C22H24N5O3+. The van der Waals surface area contributed by atoms with Gasteiger partial charge in [-0.15, -0.1) is 0 Å². The van der Waals surface area contributed by atoms with Gasteiger partial charge in [-0.25, -0.2) is 4.79 Å². The fraction of sp³-hybridized carbons (Fsp3) is 0.318. The van der Waals surface area contributed by atoms with E-state index in [0.29, 0.717) is 18.8 Å². The average molecular weight is 406 g/mol. The van der Waals surface area contributed by atoms with Crippen molar-refractivity contribution in [1.82, 2.24) is 4.90 Å². The largest absolute Gasteiger partial charge is 0.502 e. The van der Waals surface area contributed by atoms with E-state index in [-0.39, 0.29) is 6.54 Å². The topological polar surface area (TPSA) is 85.1 Å². The summed E-state index contributed by atoms with van der Waals surface area (Å²) in [7, 11) is 0. The van der Waals surface area contributed by atoms with Crippen molar-refractivity contribution in [2.24, 2.45) is 5.11 Å². The molecule has 30 heavy (non-hydrogen) atoms. The minimum Gasteiger partial charge on any atom is -0.326 e. The van der Waals surface area contributed by atoms with Gasteiger partial charge in [0.2, 0.25) is 0 Å². The Morgan fingerprint density at radius 1 is 1.03 bits per heavy atom. The predicted molar refractivity (Wildman–Crippen MR) is 111 cm³/mol. The molecule has 0 spiro atoms. The molecule has 1 atom stereocenters. The van der Waals surface area contributed by atoms with E-state index in [9.17, 15) is 14.4 Å². The molecule has 1 fully saturated rings. The minimum atomic E-state index is -0.784. The van der Waals surface area contributed by atoms with Gasteiger partial charge in [-0.05, 0) is 49.2 Å². The highest BCUT2D eigenvalue weighted by molar-refractivity contribution is 6.32. The van der Waals surface area contributed by atoms with Crippen molar-refractivity contribution in [2.45, 2.75) is 27.1 Å². The van der Waals surface area contributed by atoms with Crippen LogP contribution >= 0.6 is 0 Å². The van der Waals surface area contributed by atoms with Crippen molar-refractivity contribution in [3.8, 4) is 0 Å². The van der Waals surface area contributed by atoms with Crippen LogP contribution in [-0.2, 0) is 14.4 Å². The molecule has 1 saturated heterocycles. The molecule has 0 aliphatic carbocycles. The van der Waals surface area contributed by atoms with Gasteiger partial charge in [0.05, 0.1) is 0 Å². The van der Waals surface area contributed by atoms with E-state index in [1.54, 1.807) is 0 Å². The second-order valence-corrected chi connectivity index (χ2v) is 7.72. The molecule has 2 aliphatic heterocycles. The summed E-state index contributed by atoms with van der Waals surface area (Å²) in [5.41, 5.74) is 4.74. The lowest BCUT2D eigenvalue weighted by Crippen LogP contribution is -2.52. The number of aryl methyl sites for hydroxylation is 3. The fourth-order valence-electron chi connectivity index (χ4n) is 3.75. The summed E-state index contributed by atoms with van der Waals surface area (Å²) in [4.78, 5) is 41.0. The van der Waals surface area contributed by atoms with Gasteiger partial charge in [0.25, 0.3) is 18.7 Å². The number of hydrogen-bond acceptors (Lipinski definition) is 5. The summed E-state index contributed by atoms with van der Waals surface area (Å²) < 4.78 is 0.981. The third-order valence-corrected chi connectivity index (χ3v) is 5.38. The molecule has 4 rings (SSSR count). The first-order valence-corrected chi connectivity index (χ1v) is 9.87. The van der Waals surface area contributed by atoms with Crippen molar-refractivity contribution in [2.75, 3.05) is 29.9 Å². The highest BCUT2D eigenvalue weighted by atomic mass is 16.2. The van der Waals surface area contributed by atoms with Gasteiger partial charge in [-0.1, -0.05) is 35.4 Å². The third kappa shape index (κ3) is 3.68. The molecule has 0 saturated carbocycles. The number of nitrogens with one attached hydrogen (secondary N) is 1. The first-order valence-electron chi connectivity index (χ1n) is 9.87. The molecule has 154 valence electrons. The molecule has 2 aromatic carbocycles. The van der Waals surface area contributed by atoms with E-state index < -0.39 is 24.0 Å². The zero-order valence-corrected chi connectivity index (χ0v) is 17.3. The maximum atomic E-state index is 12.6. The number of nitrogens with zero attached hydrogens (tertiary/aromatic N) is 4. The van der Waals surface area contributed by atoms with Crippen molar-refractivity contribution in [3.63, 3.8) is 0 Å². The Kier molecular flexibility index (Phi) is 5.07. The van der Waals surface area contributed by atoms with Crippen molar-refractivity contribution in [3.05, 3.63) is 59.2 Å². The smallest absolute Gasteiger partial charge is 0.326 e. The first kappa shape index (κ1) is 19.8. The Hall–Kier alpha value is -3.55. The lowest BCUT2D eigenvalue weighted by Gasteiger charge is -2.27. The molecule has 0 radical (unpaired) electrons. The molecule has 0 aromatic heterocycles. The number of anilines is 2. The fourth-order valence-corrected chi connectivity index (χ4v) is 3.75. The van der Waals surface area contributed by atoms with Crippen LogP contribution in [0.15, 0.2) is 47.6 Å². The molecule has 1 N–H and O–H groups in total. The van der Waals surface area contributed by atoms with Crippen LogP contribution in [0, 0.1) is 20.8 Å². The Balaban J connectivity index is 1.55. The van der Waals surface area contributed by atoms with E-state index in [4.69, 9.17) is 0 Å². The second kappa shape index (κ2) is 7.70. The van der Waals surface area contributed by atoms with Crippen LogP contribution in [0.1, 0.15) is 16.7 Å². The van der Waals surface area contributed by atoms with Gasteiger partial charge in [0.1, 0.15) is 0 Å². The highest BCUT2D eigenvalue weighted by Gasteiger charge is 2.49. The SMILES string of the molecule is Cc1ccc(N2CCN3C(=O)C(=O)[N+](CC(=O)Nc4ccc(C)cc4C)=NC32)cc1. The highest BCUT2D eigenvalue weighted by Crippen LogP contribution is 2.27. The van der Waals surface area contributed by atoms with Gasteiger partial charge in [0.15, 0.2) is 0 Å². The Morgan fingerprint density at radius 2 is 1.70 bits per heavy atom. The van der Waals surface area contributed by atoms with Gasteiger partial charge in [-0.3, -0.25) is 14.5 Å². The lowest BCUT2D eigenvalue weighted by molar-refractivity contribution is -0.509. The minimum absolute atomic E-state index is 0.316. The molecule has 1 unspecified atom stereocenters. The number of rotatable bonds is 4. The van der Waals surface area contributed by atoms with Gasteiger partial charge >= 0.3 is 11.8 Å². The molecule has 8 nitrogen and oxygen atoms in total. The van der Waals surface area contributed by atoms with E-state index in [1.165, 1.54) is 4.90 Å². The van der Waals surface area contributed by atoms with E-state index in [1.807, 2.05) is 68.1 Å². The summed E-state index contributed by atoms with van der Waals surface area (Å²) in [6.07, 6.45) is -0.633. The van der Waals surface area contributed by atoms with Crippen LogP contribution < -0.4 is 10.2 Å². The first-order chi connectivity index (χ1) is 14.3. The van der Waals surface area contributed by atoms with Gasteiger partial charge in [-0.2, -0.15) is 0 Å². The van der Waals surface area contributed by atoms with Crippen LogP contribution in [0.5, 0.6) is 0 Å². The average Bonchev–Trinajstić information content (AvgIpc) is 3.12. The summed E-state index contributed by atoms with van der Waals surface area (Å²) in [5, 5.41) is 7.23. The molecule has 8 heteroatoms. The Labute approximate surface area is 174 Å². The van der Waals surface area contributed by atoms with Crippen LogP contribution in [0.25, 0.3) is 0 Å². The normalized spacial score (nSPS) is 18.4. The quantitative estimate of drug-likeness (QED) is 0.623. The summed E-state index contributed by atoms with van der Waals surface area (Å²) in [6, 6.07) is 13.6. The van der Waals surface area contributed by atoms with Crippen LogP contribution in [-0.4, -0.2) is 53.2 Å². The zero-order valence-electron chi connectivity index (χ0n) is 17.3. The number of hydrogen-bond donors (Lipinski definition) is 1. The second-order valence-electron chi connectivity index (χ2n) is 7.72. The number of benzene rings is 2. The number of amides is 3. The Bertz CT molecular complexity index is 1060. The van der Waals surface area contributed by atoms with Crippen molar-refractivity contribution >= 4 is 29.1 Å². The maximum Gasteiger partial charge on any atom is 0.502 e. The molecule has 0 bridgehead atoms. The monoisotopic (exact) mass is 406 g/mol. The number of azo groups is 2. The molecule has 2 aromatic rings. The summed E-state index contributed by atoms with van der Waals surface area (Å²) in [6.45, 7) is 6.54. The van der Waals surface area contributed by atoms with Crippen LogP contribution in [0.2, 0.25) is 0 Å². The lowest BCUT2D eigenvalue weighted by atomic mass is 10.1. The van der Waals surface area contributed by atoms with Crippen LogP contribution in [0.3, 0.4) is 0 Å².